The minimum atomic E-state index is 0.0409. The molecule has 2 rings (SSSR count). The number of likely N-dealkylation sites (tertiary alicyclic amines) is 1. The van der Waals surface area contributed by atoms with Gasteiger partial charge in [0, 0.05) is 18.6 Å². The second-order valence-corrected chi connectivity index (χ2v) is 5.93. The standard InChI is InChI=1S/C14H27N3O/c1-17-9-5-6-11(17)10-16-14(18)12-7-3-2-4-8-13(12)15/h11-13H,2-10,15H2,1H3,(H,16,18). The molecule has 1 saturated carbocycles. The van der Waals surface area contributed by atoms with Gasteiger partial charge in [-0.1, -0.05) is 19.3 Å². The zero-order valence-electron chi connectivity index (χ0n) is 11.5. The molecule has 0 bridgehead atoms. The smallest absolute Gasteiger partial charge is 0.224 e. The maximum absolute atomic E-state index is 12.2. The molecule has 0 aromatic rings. The number of hydrogen-bond donors (Lipinski definition) is 2. The van der Waals surface area contributed by atoms with Crippen molar-refractivity contribution in [1.29, 1.82) is 0 Å². The number of nitrogens with one attached hydrogen (secondary N) is 1. The van der Waals surface area contributed by atoms with Crippen molar-refractivity contribution in [2.75, 3.05) is 20.1 Å². The van der Waals surface area contributed by atoms with Crippen LogP contribution in [-0.2, 0) is 4.79 Å². The lowest BCUT2D eigenvalue weighted by atomic mass is 9.94. The summed E-state index contributed by atoms with van der Waals surface area (Å²) in [4.78, 5) is 14.6. The van der Waals surface area contributed by atoms with Crippen molar-refractivity contribution in [3.8, 4) is 0 Å². The van der Waals surface area contributed by atoms with E-state index >= 15 is 0 Å². The van der Waals surface area contributed by atoms with E-state index in [-0.39, 0.29) is 17.9 Å². The van der Waals surface area contributed by atoms with Crippen LogP contribution in [0, 0.1) is 5.92 Å². The Kier molecular flexibility index (Phi) is 5.01. The maximum atomic E-state index is 12.2. The highest BCUT2D eigenvalue weighted by Crippen LogP contribution is 2.22. The molecule has 1 heterocycles. The summed E-state index contributed by atoms with van der Waals surface area (Å²) in [5.74, 6) is 0.226. The van der Waals surface area contributed by atoms with Crippen LogP contribution < -0.4 is 11.1 Å². The third-order valence-corrected chi connectivity index (χ3v) is 4.59. The largest absolute Gasteiger partial charge is 0.354 e. The zero-order valence-corrected chi connectivity index (χ0v) is 11.5. The molecule has 18 heavy (non-hydrogen) atoms. The van der Waals surface area contributed by atoms with E-state index in [1.54, 1.807) is 0 Å². The Morgan fingerprint density at radius 2 is 2.00 bits per heavy atom. The van der Waals surface area contributed by atoms with Gasteiger partial charge in [-0.3, -0.25) is 4.79 Å². The van der Waals surface area contributed by atoms with Crippen molar-refractivity contribution in [2.24, 2.45) is 11.7 Å². The molecule has 1 amide bonds. The van der Waals surface area contributed by atoms with Gasteiger partial charge in [0.1, 0.15) is 0 Å². The molecule has 4 nitrogen and oxygen atoms in total. The molecule has 4 heteroatoms. The summed E-state index contributed by atoms with van der Waals surface area (Å²) in [6, 6.07) is 0.588. The van der Waals surface area contributed by atoms with E-state index in [0.717, 1.165) is 32.4 Å². The number of amides is 1. The number of rotatable bonds is 3. The van der Waals surface area contributed by atoms with Crippen LogP contribution in [-0.4, -0.2) is 43.0 Å². The molecule has 0 aromatic heterocycles. The van der Waals surface area contributed by atoms with Gasteiger partial charge in [-0.2, -0.15) is 0 Å². The molecule has 3 atom stereocenters. The van der Waals surface area contributed by atoms with Crippen molar-refractivity contribution in [1.82, 2.24) is 10.2 Å². The number of likely N-dealkylation sites (N-methyl/N-ethyl adjacent to an activating group) is 1. The Balaban J connectivity index is 1.79. The summed E-state index contributed by atoms with van der Waals surface area (Å²) in [6.45, 7) is 1.95. The van der Waals surface area contributed by atoms with Crippen LogP contribution in [0.15, 0.2) is 0 Å². The van der Waals surface area contributed by atoms with Gasteiger partial charge in [0.2, 0.25) is 5.91 Å². The summed E-state index contributed by atoms with van der Waals surface area (Å²) in [5.41, 5.74) is 6.12. The summed E-state index contributed by atoms with van der Waals surface area (Å²) in [7, 11) is 2.14. The number of nitrogens with two attached hydrogens (primary N) is 1. The quantitative estimate of drug-likeness (QED) is 0.741. The lowest BCUT2D eigenvalue weighted by Gasteiger charge is -2.24. The second-order valence-electron chi connectivity index (χ2n) is 5.93. The third-order valence-electron chi connectivity index (χ3n) is 4.59. The fourth-order valence-electron chi connectivity index (χ4n) is 3.25. The first-order chi connectivity index (χ1) is 8.68. The lowest BCUT2D eigenvalue weighted by Crippen LogP contribution is -2.45. The van der Waals surface area contributed by atoms with Gasteiger partial charge in [0.05, 0.1) is 5.92 Å². The number of hydrogen-bond acceptors (Lipinski definition) is 3. The number of nitrogens with zero attached hydrogens (tertiary/aromatic N) is 1. The van der Waals surface area contributed by atoms with Crippen molar-refractivity contribution in [2.45, 2.75) is 57.0 Å². The van der Waals surface area contributed by atoms with E-state index in [2.05, 4.69) is 17.3 Å². The van der Waals surface area contributed by atoms with E-state index < -0.39 is 0 Å². The molecule has 0 spiro atoms. The highest BCUT2D eigenvalue weighted by Gasteiger charge is 2.28. The molecule has 3 N–H and O–H groups in total. The van der Waals surface area contributed by atoms with Gasteiger partial charge in [-0.15, -0.1) is 0 Å². The van der Waals surface area contributed by atoms with E-state index in [4.69, 9.17) is 5.73 Å². The van der Waals surface area contributed by atoms with Gasteiger partial charge >= 0.3 is 0 Å². The van der Waals surface area contributed by atoms with Gasteiger partial charge in [0.25, 0.3) is 0 Å². The third kappa shape index (κ3) is 3.45. The van der Waals surface area contributed by atoms with E-state index in [1.807, 2.05) is 0 Å². The van der Waals surface area contributed by atoms with Gasteiger partial charge in [0.15, 0.2) is 0 Å². The molecule has 0 radical (unpaired) electrons. The van der Waals surface area contributed by atoms with Crippen LogP contribution in [0.3, 0.4) is 0 Å². The molecular formula is C14H27N3O. The Hall–Kier alpha value is -0.610. The second kappa shape index (κ2) is 6.53. The highest BCUT2D eigenvalue weighted by atomic mass is 16.1. The molecule has 1 saturated heterocycles. The fraction of sp³-hybridized carbons (Fsp3) is 0.929. The molecule has 1 aliphatic heterocycles. The molecule has 104 valence electrons. The first-order valence-corrected chi connectivity index (χ1v) is 7.42. The van der Waals surface area contributed by atoms with Crippen LogP contribution in [0.5, 0.6) is 0 Å². The first-order valence-electron chi connectivity index (χ1n) is 7.42. The van der Waals surface area contributed by atoms with Crippen LogP contribution in [0.2, 0.25) is 0 Å². The molecule has 3 unspecified atom stereocenters. The lowest BCUT2D eigenvalue weighted by molar-refractivity contribution is -0.126. The van der Waals surface area contributed by atoms with Crippen LogP contribution in [0.1, 0.15) is 44.9 Å². The predicted molar refractivity (Wildman–Crippen MR) is 73.2 cm³/mol. The number of carbonyl (C=O) groups is 1. The van der Waals surface area contributed by atoms with E-state index in [0.29, 0.717) is 6.04 Å². The first kappa shape index (κ1) is 13.8. The van der Waals surface area contributed by atoms with Crippen molar-refractivity contribution >= 4 is 5.91 Å². The van der Waals surface area contributed by atoms with E-state index in [1.165, 1.54) is 25.7 Å². The fourth-order valence-corrected chi connectivity index (χ4v) is 3.25. The molecule has 1 aliphatic carbocycles. The van der Waals surface area contributed by atoms with Gasteiger partial charge < -0.3 is 16.0 Å². The molecule has 2 aliphatic rings. The summed E-state index contributed by atoms with van der Waals surface area (Å²) in [5, 5.41) is 3.12. The summed E-state index contributed by atoms with van der Waals surface area (Å²) >= 11 is 0. The molecular weight excluding hydrogens is 226 g/mol. The maximum Gasteiger partial charge on any atom is 0.224 e. The predicted octanol–water partition coefficient (Wildman–Crippen LogP) is 1.10. The van der Waals surface area contributed by atoms with Crippen molar-refractivity contribution < 1.29 is 4.79 Å². The summed E-state index contributed by atoms with van der Waals surface area (Å²) < 4.78 is 0. The topological polar surface area (TPSA) is 58.4 Å². The van der Waals surface area contributed by atoms with Crippen LogP contribution >= 0.6 is 0 Å². The monoisotopic (exact) mass is 253 g/mol. The number of carbonyl (C=O) groups excluding carboxylic acids is 1. The SMILES string of the molecule is CN1CCCC1CNC(=O)C1CCCCCC1N. The zero-order chi connectivity index (χ0) is 13.0. The normalized spacial score (nSPS) is 34.2. The minimum absolute atomic E-state index is 0.0409. The minimum Gasteiger partial charge on any atom is -0.354 e. The van der Waals surface area contributed by atoms with E-state index in [9.17, 15) is 4.79 Å². The Morgan fingerprint density at radius 3 is 2.72 bits per heavy atom. The highest BCUT2D eigenvalue weighted by molar-refractivity contribution is 5.79. The van der Waals surface area contributed by atoms with Gasteiger partial charge in [-0.25, -0.2) is 0 Å². The molecule has 0 aromatic carbocycles. The van der Waals surface area contributed by atoms with Gasteiger partial charge in [-0.05, 0) is 39.3 Å². The Labute approximate surface area is 110 Å². The van der Waals surface area contributed by atoms with Crippen LogP contribution in [0.4, 0.5) is 0 Å². The average Bonchev–Trinajstić information content (AvgIpc) is 2.63. The van der Waals surface area contributed by atoms with Crippen LogP contribution in [0.25, 0.3) is 0 Å². The average molecular weight is 253 g/mol. The Morgan fingerprint density at radius 1 is 1.22 bits per heavy atom. The molecule has 2 fully saturated rings. The Bertz CT molecular complexity index is 282. The van der Waals surface area contributed by atoms with Crippen molar-refractivity contribution in [3.05, 3.63) is 0 Å². The van der Waals surface area contributed by atoms with Crippen molar-refractivity contribution in [3.63, 3.8) is 0 Å². The summed E-state index contributed by atoms with van der Waals surface area (Å²) in [6.07, 6.45) is 7.97.